The lowest BCUT2D eigenvalue weighted by atomic mass is 9.96. The molecule has 0 unspecified atom stereocenters. The van der Waals surface area contributed by atoms with Gasteiger partial charge in [0.25, 0.3) is 0 Å². The van der Waals surface area contributed by atoms with Crippen molar-refractivity contribution in [3.63, 3.8) is 0 Å². The van der Waals surface area contributed by atoms with Crippen LogP contribution in [0.2, 0.25) is 0 Å². The number of nitrogens with one attached hydrogen (secondary N) is 1. The average Bonchev–Trinajstić information content (AvgIpc) is 3.55. The molecule has 34 heavy (non-hydrogen) atoms. The Labute approximate surface area is 196 Å². The molecule has 180 valence electrons. The van der Waals surface area contributed by atoms with Gasteiger partial charge in [0.15, 0.2) is 0 Å². The maximum absolute atomic E-state index is 13.7. The zero-order valence-electron chi connectivity index (χ0n) is 19.1. The van der Waals surface area contributed by atoms with E-state index in [1.807, 2.05) is 31.5 Å². The summed E-state index contributed by atoms with van der Waals surface area (Å²) in [6.45, 7) is 6.76. The molecular weight excluding hydrogens is 465 g/mol. The number of pyridine rings is 1. The Hall–Kier alpha value is -2.90. The maximum atomic E-state index is 13.7. The minimum atomic E-state index is -4.65. The first-order valence-electron chi connectivity index (χ1n) is 10.9. The summed E-state index contributed by atoms with van der Waals surface area (Å²) in [5.41, 5.74) is -0.0191. The number of hydrogen-bond acceptors (Lipinski definition) is 4. The van der Waals surface area contributed by atoms with Gasteiger partial charge >= 0.3 is 6.18 Å². The molecule has 1 N–H and O–H groups in total. The zero-order chi connectivity index (χ0) is 24.9. The summed E-state index contributed by atoms with van der Waals surface area (Å²) >= 11 is 0. The zero-order valence-corrected chi connectivity index (χ0v) is 19.9. The Morgan fingerprint density at radius 3 is 2.50 bits per heavy atom. The third-order valence-electron chi connectivity index (χ3n) is 5.69. The Kier molecular flexibility index (Phi) is 5.98. The van der Waals surface area contributed by atoms with Gasteiger partial charge in [-0.1, -0.05) is 32.9 Å². The fourth-order valence-corrected chi connectivity index (χ4v) is 5.40. The Morgan fingerprint density at radius 2 is 1.91 bits per heavy atom. The summed E-state index contributed by atoms with van der Waals surface area (Å²) < 4.78 is 70.5. The van der Waals surface area contributed by atoms with Gasteiger partial charge in [-0.25, -0.2) is 18.1 Å². The minimum Gasteiger partial charge on any atom is -0.347 e. The van der Waals surface area contributed by atoms with E-state index in [0.717, 1.165) is 23.2 Å². The number of nitriles is 1. The molecule has 0 atom stereocenters. The number of hydrogen-bond donors (Lipinski definition) is 1. The second-order valence-electron chi connectivity index (χ2n) is 9.83. The highest BCUT2D eigenvalue weighted by molar-refractivity contribution is 7.90. The lowest BCUT2D eigenvalue weighted by molar-refractivity contribution is -0.137. The van der Waals surface area contributed by atoms with Crippen LogP contribution < -0.4 is 4.72 Å². The third-order valence-corrected chi connectivity index (χ3v) is 7.58. The van der Waals surface area contributed by atoms with E-state index >= 15 is 0 Å². The first-order chi connectivity index (χ1) is 15.8. The van der Waals surface area contributed by atoms with Crippen LogP contribution in [-0.4, -0.2) is 23.2 Å². The summed E-state index contributed by atoms with van der Waals surface area (Å²) in [7, 11) is -3.39. The number of sulfonamides is 1. The van der Waals surface area contributed by atoms with Crippen LogP contribution in [-0.2, 0) is 29.3 Å². The van der Waals surface area contributed by atoms with Crippen LogP contribution in [0.5, 0.6) is 0 Å². The highest BCUT2D eigenvalue weighted by atomic mass is 32.2. The van der Waals surface area contributed by atoms with Crippen molar-refractivity contribution < 1.29 is 21.6 Å². The standard InChI is InChI=1S/C24H25F3N4O2S/c1-23(2,3)14-31-13-16(12-30-34(32,33)17-5-6-17)18-7-4-15(10-21(18)31)22-19(24(25,26)27)8-9-29-20(22)11-28/h4,7-10,13,17,30H,5-6,12,14H2,1-3H3. The second-order valence-corrected chi connectivity index (χ2v) is 11.9. The third kappa shape index (κ3) is 4.95. The smallest absolute Gasteiger partial charge is 0.347 e. The molecule has 1 fully saturated rings. The van der Waals surface area contributed by atoms with Crippen molar-refractivity contribution in [1.82, 2.24) is 14.3 Å². The van der Waals surface area contributed by atoms with Crippen molar-refractivity contribution in [3.8, 4) is 17.2 Å². The predicted octanol–water partition coefficient (Wildman–Crippen LogP) is 5.22. The average molecular weight is 491 g/mol. The lowest BCUT2D eigenvalue weighted by Crippen LogP contribution is -2.26. The van der Waals surface area contributed by atoms with Gasteiger partial charge in [-0.15, -0.1) is 0 Å². The largest absolute Gasteiger partial charge is 0.417 e. The highest BCUT2D eigenvalue weighted by Crippen LogP contribution is 2.40. The molecule has 1 aliphatic rings. The van der Waals surface area contributed by atoms with E-state index in [-0.39, 0.29) is 34.0 Å². The van der Waals surface area contributed by atoms with Crippen LogP contribution in [0.15, 0.2) is 36.7 Å². The number of benzene rings is 1. The topological polar surface area (TPSA) is 87.8 Å². The van der Waals surface area contributed by atoms with Gasteiger partial charge in [0.2, 0.25) is 10.0 Å². The molecule has 0 spiro atoms. The van der Waals surface area contributed by atoms with Crippen molar-refractivity contribution in [3.05, 3.63) is 53.5 Å². The first kappa shape index (κ1) is 24.2. The highest BCUT2D eigenvalue weighted by Gasteiger charge is 2.36. The number of rotatable bonds is 6. The molecule has 2 heterocycles. The predicted molar refractivity (Wildman–Crippen MR) is 123 cm³/mol. The van der Waals surface area contributed by atoms with E-state index in [4.69, 9.17) is 0 Å². The number of fused-ring (bicyclic) bond motifs is 1. The van der Waals surface area contributed by atoms with E-state index in [9.17, 15) is 26.9 Å². The van der Waals surface area contributed by atoms with E-state index in [2.05, 4.69) is 9.71 Å². The minimum absolute atomic E-state index is 0.0932. The Balaban J connectivity index is 1.85. The molecule has 3 aromatic rings. The van der Waals surface area contributed by atoms with Gasteiger partial charge in [0.05, 0.1) is 10.8 Å². The fourth-order valence-electron chi connectivity index (χ4n) is 4.06. The first-order valence-corrected chi connectivity index (χ1v) is 12.4. The summed E-state index contributed by atoms with van der Waals surface area (Å²) in [4.78, 5) is 3.85. The fraction of sp³-hybridized carbons (Fsp3) is 0.417. The molecule has 1 aromatic carbocycles. The summed E-state index contributed by atoms with van der Waals surface area (Å²) in [6.07, 6.45) is -0.529. The van der Waals surface area contributed by atoms with Gasteiger partial charge in [-0.05, 0) is 41.5 Å². The molecule has 6 nitrogen and oxygen atoms in total. The number of halogens is 3. The molecule has 10 heteroatoms. The van der Waals surface area contributed by atoms with Gasteiger partial charge in [-0.3, -0.25) is 0 Å². The molecule has 0 radical (unpaired) electrons. The van der Waals surface area contributed by atoms with E-state index in [1.54, 1.807) is 18.2 Å². The Bertz CT molecular complexity index is 1390. The normalized spacial score (nSPS) is 15.0. The Morgan fingerprint density at radius 1 is 1.21 bits per heavy atom. The summed E-state index contributed by atoms with van der Waals surface area (Å²) in [5.74, 6) is 0. The molecule has 2 aromatic heterocycles. The van der Waals surface area contributed by atoms with Crippen molar-refractivity contribution in [2.45, 2.75) is 58.1 Å². The lowest BCUT2D eigenvalue weighted by Gasteiger charge is -2.20. The molecule has 0 saturated heterocycles. The summed E-state index contributed by atoms with van der Waals surface area (Å²) in [6, 6.07) is 7.46. The van der Waals surface area contributed by atoms with Gasteiger partial charge in [-0.2, -0.15) is 18.4 Å². The molecular formula is C24H25F3N4O2S. The van der Waals surface area contributed by atoms with Crippen LogP contribution in [0.1, 0.15) is 50.4 Å². The molecule has 4 rings (SSSR count). The molecule has 0 amide bonds. The van der Waals surface area contributed by atoms with Crippen molar-refractivity contribution >= 4 is 20.9 Å². The van der Waals surface area contributed by atoms with E-state index in [0.29, 0.717) is 24.9 Å². The quantitative estimate of drug-likeness (QED) is 0.513. The number of aromatic nitrogens is 2. The van der Waals surface area contributed by atoms with Crippen LogP contribution in [0.4, 0.5) is 13.2 Å². The second kappa shape index (κ2) is 8.40. The van der Waals surface area contributed by atoms with Crippen LogP contribution in [0, 0.1) is 16.7 Å². The van der Waals surface area contributed by atoms with Crippen molar-refractivity contribution in [1.29, 1.82) is 5.26 Å². The van der Waals surface area contributed by atoms with Crippen molar-refractivity contribution in [2.24, 2.45) is 5.41 Å². The van der Waals surface area contributed by atoms with E-state index in [1.165, 1.54) is 6.07 Å². The molecule has 0 aliphatic heterocycles. The van der Waals surface area contributed by atoms with Gasteiger partial charge in [0, 0.05) is 41.9 Å². The molecule has 1 aliphatic carbocycles. The molecule has 1 saturated carbocycles. The molecule has 0 bridgehead atoms. The number of alkyl halides is 3. The van der Waals surface area contributed by atoms with E-state index < -0.39 is 21.8 Å². The van der Waals surface area contributed by atoms with Gasteiger partial charge < -0.3 is 4.57 Å². The summed E-state index contributed by atoms with van der Waals surface area (Å²) in [5, 5.41) is 9.83. The maximum Gasteiger partial charge on any atom is 0.417 e. The SMILES string of the molecule is CC(C)(C)Cn1cc(CNS(=O)(=O)C2CC2)c2ccc(-c3c(C(F)(F)F)ccnc3C#N)cc21. The number of nitrogens with zero attached hydrogens (tertiary/aromatic N) is 3. The van der Waals surface area contributed by atoms with Crippen molar-refractivity contribution in [2.75, 3.05) is 0 Å². The van der Waals surface area contributed by atoms with Gasteiger partial charge in [0.1, 0.15) is 11.8 Å². The monoisotopic (exact) mass is 490 g/mol. The van der Waals surface area contributed by atoms with Crippen LogP contribution >= 0.6 is 0 Å². The van der Waals surface area contributed by atoms with Crippen LogP contribution in [0.3, 0.4) is 0 Å². The van der Waals surface area contributed by atoms with Crippen LogP contribution in [0.25, 0.3) is 22.0 Å².